The molecule has 2 aromatic carbocycles. The number of nitrogens with zero attached hydrogens (tertiary/aromatic N) is 1. The monoisotopic (exact) mass is 422 g/mol. The Morgan fingerprint density at radius 1 is 1.11 bits per heavy atom. The number of hydrogen-bond donors (Lipinski definition) is 1. The van der Waals surface area contributed by atoms with E-state index >= 15 is 0 Å². The first-order valence-corrected chi connectivity index (χ1v) is 11.5. The Hall–Kier alpha value is -2.05. The maximum atomic E-state index is 12.4. The maximum Gasteiger partial charge on any atom is 0.232 e. The molecule has 152 valence electrons. The molecule has 0 saturated heterocycles. The van der Waals surface area contributed by atoms with Crippen LogP contribution in [-0.2, 0) is 14.8 Å². The van der Waals surface area contributed by atoms with Gasteiger partial charge in [-0.2, -0.15) is 0 Å². The van der Waals surface area contributed by atoms with Gasteiger partial charge in [-0.1, -0.05) is 48.4 Å². The van der Waals surface area contributed by atoms with E-state index in [1.165, 1.54) is 9.87 Å². The predicted octanol–water partition coefficient (Wildman–Crippen LogP) is 4.46. The van der Waals surface area contributed by atoms with Crippen molar-refractivity contribution in [1.82, 2.24) is 5.32 Å². The van der Waals surface area contributed by atoms with E-state index in [0.717, 1.165) is 18.2 Å². The Morgan fingerprint density at radius 3 is 2.25 bits per heavy atom. The number of rotatable bonds is 9. The van der Waals surface area contributed by atoms with Crippen molar-refractivity contribution in [2.45, 2.75) is 39.2 Å². The molecule has 2 rings (SSSR count). The van der Waals surface area contributed by atoms with Crippen molar-refractivity contribution in [1.29, 1.82) is 0 Å². The summed E-state index contributed by atoms with van der Waals surface area (Å²) in [6.45, 7) is 4.28. The molecule has 0 bridgehead atoms. The zero-order chi connectivity index (χ0) is 20.7. The highest BCUT2D eigenvalue weighted by atomic mass is 35.5. The third-order valence-corrected chi connectivity index (χ3v) is 5.95. The zero-order valence-corrected chi connectivity index (χ0v) is 18.1. The Kier molecular flexibility index (Phi) is 7.89. The van der Waals surface area contributed by atoms with Gasteiger partial charge in [0.25, 0.3) is 0 Å². The molecule has 0 radical (unpaired) electrons. The molecule has 0 fully saturated rings. The van der Waals surface area contributed by atoms with Gasteiger partial charge >= 0.3 is 0 Å². The van der Waals surface area contributed by atoms with E-state index in [0.29, 0.717) is 17.1 Å². The molecule has 0 heterocycles. The fourth-order valence-electron chi connectivity index (χ4n) is 2.96. The average molecular weight is 423 g/mol. The third kappa shape index (κ3) is 6.53. The first-order chi connectivity index (χ1) is 13.2. The quantitative estimate of drug-likeness (QED) is 0.648. The summed E-state index contributed by atoms with van der Waals surface area (Å²) < 4.78 is 25.5. The molecule has 0 aliphatic carbocycles. The minimum atomic E-state index is -3.45. The first-order valence-electron chi connectivity index (χ1n) is 9.30. The second-order valence-corrected chi connectivity index (χ2v) is 9.20. The van der Waals surface area contributed by atoms with Crippen LogP contribution in [-0.4, -0.2) is 27.1 Å². The van der Waals surface area contributed by atoms with E-state index in [2.05, 4.69) is 5.32 Å². The first kappa shape index (κ1) is 22.2. The second kappa shape index (κ2) is 9.94. The van der Waals surface area contributed by atoms with Crippen LogP contribution in [0.1, 0.15) is 43.4 Å². The summed E-state index contributed by atoms with van der Waals surface area (Å²) in [5.74, 6) is -0.0861. The van der Waals surface area contributed by atoms with Crippen molar-refractivity contribution >= 4 is 33.2 Å². The van der Waals surface area contributed by atoms with Gasteiger partial charge < -0.3 is 5.32 Å². The summed E-state index contributed by atoms with van der Waals surface area (Å²) in [4.78, 5) is 12.4. The normalized spacial score (nSPS) is 12.4. The molecule has 28 heavy (non-hydrogen) atoms. The summed E-state index contributed by atoms with van der Waals surface area (Å²) in [5, 5.41) is 3.58. The summed E-state index contributed by atoms with van der Waals surface area (Å²) in [7, 11) is -3.45. The van der Waals surface area contributed by atoms with Gasteiger partial charge in [-0.15, -0.1) is 0 Å². The number of halogens is 1. The Labute approximate surface area is 172 Å². The molecule has 0 unspecified atom stereocenters. The minimum absolute atomic E-state index is 0.0459. The largest absolute Gasteiger partial charge is 0.349 e. The maximum absolute atomic E-state index is 12.4. The number of nitrogens with one attached hydrogen (secondary N) is 1. The second-order valence-electron chi connectivity index (χ2n) is 6.85. The molecular weight excluding hydrogens is 396 g/mol. The molecule has 2 aromatic rings. The Morgan fingerprint density at radius 2 is 1.71 bits per heavy atom. The summed E-state index contributed by atoms with van der Waals surface area (Å²) in [5.41, 5.74) is 2.78. The molecule has 7 heteroatoms. The van der Waals surface area contributed by atoms with Crippen LogP contribution in [0, 0.1) is 6.92 Å². The summed E-state index contributed by atoms with van der Waals surface area (Å²) in [6.07, 6.45) is 2.62. The van der Waals surface area contributed by atoms with Crippen LogP contribution in [0.3, 0.4) is 0 Å². The van der Waals surface area contributed by atoms with Gasteiger partial charge in [0.15, 0.2) is 0 Å². The molecular formula is C21H27ClN2O3S. The molecule has 0 aliphatic heterocycles. The van der Waals surface area contributed by atoms with Gasteiger partial charge in [-0.25, -0.2) is 8.42 Å². The number of hydrogen-bond acceptors (Lipinski definition) is 3. The number of amides is 1. The van der Waals surface area contributed by atoms with E-state index in [9.17, 15) is 13.2 Å². The van der Waals surface area contributed by atoms with Gasteiger partial charge in [-0.05, 0) is 49.6 Å². The molecule has 1 atom stereocenters. The summed E-state index contributed by atoms with van der Waals surface area (Å²) in [6, 6.07) is 14.7. The lowest BCUT2D eigenvalue weighted by Crippen LogP contribution is -2.33. The van der Waals surface area contributed by atoms with Crippen LogP contribution in [0.4, 0.5) is 5.69 Å². The molecule has 0 aromatic heterocycles. The number of benzene rings is 2. The smallest absolute Gasteiger partial charge is 0.232 e. The highest BCUT2D eigenvalue weighted by Crippen LogP contribution is 2.21. The molecule has 0 aliphatic rings. The van der Waals surface area contributed by atoms with Crippen LogP contribution < -0.4 is 9.62 Å². The number of anilines is 1. The van der Waals surface area contributed by atoms with Crippen molar-refractivity contribution in [3.05, 3.63) is 64.7 Å². The molecule has 0 saturated carbocycles. The van der Waals surface area contributed by atoms with E-state index in [4.69, 9.17) is 11.6 Å². The Bertz CT molecular complexity index is 881. The van der Waals surface area contributed by atoms with Crippen LogP contribution in [0.25, 0.3) is 0 Å². The van der Waals surface area contributed by atoms with Crippen molar-refractivity contribution in [3.63, 3.8) is 0 Å². The van der Waals surface area contributed by atoms with E-state index in [1.54, 1.807) is 24.3 Å². The van der Waals surface area contributed by atoms with Gasteiger partial charge in [0.05, 0.1) is 18.0 Å². The van der Waals surface area contributed by atoms with Gasteiger partial charge in [0.1, 0.15) is 0 Å². The van der Waals surface area contributed by atoms with Crippen molar-refractivity contribution in [2.75, 3.05) is 17.1 Å². The molecule has 5 nitrogen and oxygen atoms in total. The lowest BCUT2D eigenvalue weighted by atomic mass is 10.0. The summed E-state index contributed by atoms with van der Waals surface area (Å²) >= 11 is 5.88. The fourth-order valence-corrected chi connectivity index (χ4v) is 4.05. The van der Waals surface area contributed by atoms with Crippen molar-refractivity contribution < 1.29 is 13.2 Å². The molecule has 0 spiro atoms. The molecule has 1 N–H and O–H groups in total. The lowest BCUT2D eigenvalue weighted by molar-refractivity contribution is -0.121. The van der Waals surface area contributed by atoms with Crippen LogP contribution in [0.2, 0.25) is 5.02 Å². The van der Waals surface area contributed by atoms with Crippen LogP contribution in [0.5, 0.6) is 0 Å². The predicted molar refractivity (Wildman–Crippen MR) is 115 cm³/mol. The van der Waals surface area contributed by atoms with Crippen LogP contribution in [0.15, 0.2) is 48.5 Å². The SMILES string of the molecule is CC[C@@H](NC(=O)CCCN(c1ccc(Cl)cc1)S(C)(=O)=O)c1ccc(C)cc1. The van der Waals surface area contributed by atoms with Gasteiger partial charge in [0.2, 0.25) is 15.9 Å². The molecule has 1 amide bonds. The lowest BCUT2D eigenvalue weighted by Gasteiger charge is -2.23. The van der Waals surface area contributed by atoms with Crippen LogP contribution >= 0.6 is 11.6 Å². The van der Waals surface area contributed by atoms with Crippen molar-refractivity contribution in [2.24, 2.45) is 0 Å². The van der Waals surface area contributed by atoms with E-state index < -0.39 is 10.0 Å². The van der Waals surface area contributed by atoms with Gasteiger partial charge in [-0.3, -0.25) is 9.10 Å². The number of sulfonamides is 1. The van der Waals surface area contributed by atoms with E-state index in [1.807, 2.05) is 38.1 Å². The fraction of sp³-hybridized carbons (Fsp3) is 0.381. The number of carbonyl (C=O) groups excluding carboxylic acids is 1. The highest BCUT2D eigenvalue weighted by molar-refractivity contribution is 7.92. The van der Waals surface area contributed by atoms with E-state index in [-0.39, 0.29) is 24.9 Å². The average Bonchev–Trinajstić information content (AvgIpc) is 2.64. The highest BCUT2D eigenvalue weighted by Gasteiger charge is 2.18. The number of carbonyl (C=O) groups is 1. The Balaban J connectivity index is 1.94. The zero-order valence-electron chi connectivity index (χ0n) is 16.5. The topological polar surface area (TPSA) is 66.5 Å². The third-order valence-electron chi connectivity index (χ3n) is 4.50. The van der Waals surface area contributed by atoms with Gasteiger partial charge in [0, 0.05) is 18.0 Å². The number of aryl methyl sites for hydroxylation is 1. The standard InChI is InChI=1S/C21H27ClN2O3S/c1-4-20(17-9-7-16(2)8-10-17)23-21(25)6-5-15-24(28(3,26)27)19-13-11-18(22)12-14-19/h7-14,20H,4-6,15H2,1-3H3,(H,23,25)/t20-/m1/s1. The van der Waals surface area contributed by atoms with Crippen molar-refractivity contribution in [3.8, 4) is 0 Å². The minimum Gasteiger partial charge on any atom is -0.349 e.